The van der Waals surface area contributed by atoms with Crippen molar-refractivity contribution >= 4 is 29.3 Å². The lowest BCUT2D eigenvalue weighted by Crippen LogP contribution is -2.30. The van der Waals surface area contributed by atoms with Crippen molar-refractivity contribution in [2.75, 3.05) is 6.54 Å². The van der Waals surface area contributed by atoms with Gasteiger partial charge in [0.15, 0.2) is 0 Å². The Morgan fingerprint density at radius 3 is 3.00 bits per heavy atom. The molecule has 1 aromatic carbocycles. The predicted molar refractivity (Wildman–Crippen MR) is 72.7 cm³/mol. The van der Waals surface area contributed by atoms with Gasteiger partial charge in [0, 0.05) is 11.4 Å². The molecule has 0 bridgehead atoms. The van der Waals surface area contributed by atoms with Crippen molar-refractivity contribution in [1.82, 2.24) is 5.32 Å². The molecule has 5 heteroatoms. The maximum Gasteiger partial charge on any atom is 0.233 e. The van der Waals surface area contributed by atoms with E-state index in [1.54, 1.807) is 12.1 Å². The largest absolute Gasteiger partial charge is 0.355 e. The fraction of sp³-hybridized carbons (Fsp3) is 0.385. The molecule has 18 heavy (non-hydrogen) atoms. The summed E-state index contributed by atoms with van der Waals surface area (Å²) in [4.78, 5) is 12.7. The number of rotatable bonds is 2. The smallest absolute Gasteiger partial charge is 0.233 e. The van der Waals surface area contributed by atoms with Crippen molar-refractivity contribution in [2.24, 2.45) is 0 Å². The lowest BCUT2D eigenvalue weighted by Gasteiger charge is -2.13. The summed E-state index contributed by atoms with van der Waals surface area (Å²) in [6, 6.07) is 7.22. The van der Waals surface area contributed by atoms with Crippen LogP contribution in [0.5, 0.6) is 0 Å². The Balaban J connectivity index is 2.13. The predicted octanol–water partition coefficient (Wildman–Crippen LogP) is 2.97. The fourth-order valence-corrected chi connectivity index (χ4v) is 3.26. The second-order valence-electron chi connectivity index (χ2n) is 4.15. The number of carbonyl (C=O) groups is 1. The van der Waals surface area contributed by atoms with Crippen LogP contribution in [0.3, 0.4) is 0 Å². The van der Waals surface area contributed by atoms with E-state index >= 15 is 0 Å². The third kappa shape index (κ3) is 3.18. The van der Waals surface area contributed by atoms with E-state index in [-0.39, 0.29) is 11.2 Å². The highest BCUT2D eigenvalue weighted by Crippen LogP contribution is 2.33. The Kier molecular flexibility index (Phi) is 4.51. The number of carbonyl (C=O) groups excluding carboxylic acids is 1. The Morgan fingerprint density at radius 1 is 1.44 bits per heavy atom. The van der Waals surface area contributed by atoms with Gasteiger partial charge in [0.05, 0.1) is 21.9 Å². The first-order valence-corrected chi connectivity index (χ1v) is 7.10. The van der Waals surface area contributed by atoms with Crippen molar-refractivity contribution in [3.63, 3.8) is 0 Å². The third-order valence-electron chi connectivity index (χ3n) is 2.81. The average Bonchev–Trinajstić information content (AvgIpc) is 2.57. The van der Waals surface area contributed by atoms with Gasteiger partial charge in [0.1, 0.15) is 0 Å². The number of nitriles is 1. The van der Waals surface area contributed by atoms with Gasteiger partial charge in [-0.15, -0.1) is 11.8 Å². The fourth-order valence-electron chi connectivity index (χ4n) is 1.84. The minimum absolute atomic E-state index is 0.0814. The molecule has 3 nitrogen and oxygen atoms in total. The van der Waals surface area contributed by atoms with E-state index in [0.29, 0.717) is 10.6 Å². The van der Waals surface area contributed by atoms with Crippen molar-refractivity contribution < 1.29 is 4.79 Å². The molecule has 1 aliphatic rings. The standard InChI is InChI=1S/C13H13ClN2OS/c14-10-7-9(8-15)4-5-11(10)18-12-3-1-2-6-16-13(12)17/h4-5,7,12H,1-3,6H2,(H,16,17)/t12-/m0/s1. The Hall–Kier alpha value is -1.18. The highest BCUT2D eigenvalue weighted by Gasteiger charge is 2.22. The molecule has 0 aliphatic carbocycles. The lowest BCUT2D eigenvalue weighted by molar-refractivity contribution is -0.120. The van der Waals surface area contributed by atoms with Crippen LogP contribution < -0.4 is 5.32 Å². The number of hydrogen-bond acceptors (Lipinski definition) is 3. The highest BCUT2D eigenvalue weighted by atomic mass is 35.5. The van der Waals surface area contributed by atoms with Gasteiger partial charge in [-0.2, -0.15) is 5.26 Å². The summed E-state index contributed by atoms with van der Waals surface area (Å²) in [7, 11) is 0. The molecular weight excluding hydrogens is 268 g/mol. The zero-order chi connectivity index (χ0) is 13.0. The Labute approximate surface area is 116 Å². The number of halogens is 1. The first-order valence-electron chi connectivity index (χ1n) is 5.85. The summed E-state index contributed by atoms with van der Waals surface area (Å²) < 4.78 is 0. The molecule has 1 atom stereocenters. The van der Waals surface area contributed by atoms with Crippen LogP contribution in [0.15, 0.2) is 23.1 Å². The van der Waals surface area contributed by atoms with Gasteiger partial charge in [-0.3, -0.25) is 4.79 Å². The van der Waals surface area contributed by atoms with Gasteiger partial charge in [-0.25, -0.2) is 0 Å². The summed E-state index contributed by atoms with van der Waals surface area (Å²) in [5.74, 6) is 0.0814. The number of nitrogens with one attached hydrogen (secondary N) is 1. The quantitative estimate of drug-likeness (QED) is 0.906. The monoisotopic (exact) mass is 280 g/mol. The van der Waals surface area contributed by atoms with Gasteiger partial charge >= 0.3 is 0 Å². The molecule has 94 valence electrons. The van der Waals surface area contributed by atoms with Gasteiger partial charge in [-0.1, -0.05) is 18.0 Å². The van der Waals surface area contributed by atoms with E-state index < -0.39 is 0 Å². The molecule has 1 N–H and O–H groups in total. The number of amides is 1. The van der Waals surface area contributed by atoms with E-state index in [0.717, 1.165) is 30.7 Å². The van der Waals surface area contributed by atoms with Gasteiger partial charge in [-0.05, 0) is 31.0 Å². The molecule has 1 saturated heterocycles. The molecule has 0 saturated carbocycles. The van der Waals surface area contributed by atoms with Crippen molar-refractivity contribution in [3.05, 3.63) is 28.8 Å². The molecule has 1 aliphatic heterocycles. The lowest BCUT2D eigenvalue weighted by atomic mass is 10.2. The molecule has 1 aromatic rings. The van der Waals surface area contributed by atoms with E-state index in [9.17, 15) is 4.79 Å². The molecule has 0 radical (unpaired) electrons. The van der Waals surface area contributed by atoms with Crippen LogP contribution >= 0.6 is 23.4 Å². The van der Waals surface area contributed by atoms with Crippen LogP contribution in [-0.4, -0.2) is 17.7 Å². The molecule has 0 spiro atoms. The molecule has 0 unspecified atom stereocenters. The highest BCUT2D eigenvalue weighted by molar-refractivity contribution is 8.00. The van der Waals surface area contributed by atoms with Crippen molar-refractivity contribution in [3.8, 4) is 6.07 Å². The van der Waals surface area contributed by atoms with Crippen LogP contribution in [-0.2, 0) is 4.79 Å². The number of hydrogen-bond donors (Lipinski definition) is 1. The summed E-state index contributed by atoms with van der Waals surface area (Å²) in [6.45, 7) is 0.761. The van der Waals surface area contributed by atoms with Gasteiger partial charge < -0.3 is 5.32 Å². The normalized spacial score (nSPS) is 19.8. The molecule has 2 rings (SSSR count). The topological polar surface area (TPSA) is 52.9 Å². The Morgan fingerprint density at radius 2 is 2.28 bits per heavy atom. The minimum Gasteiger partial charge on any atom is -0.355 e. The molecule has 1 heterocycles. The summed E-state index contributed by atoms with van der Waals surface area (Å²) in [6.07, 6.45) is 2.95. The van der Waals surface area contributed by atoms with Gasteiger partial charge in [0.2, 0.25) is 5.91 Å². The zero-order valence-electron chi connectivity index (χ0n) is 9.78. The van der Waals surface area contributed by atoms with Crippen LogP contribution in [0.4, 0.5) is 0 Å². The molecular formula is C13H13ClN2OS. The first kappa shape index (κ1) is 13.3. The third-order valence-corrected chi connectivity index (χ3v) is 4.58. The number of nitrogens with zero attached hydrogens (tertiary/aromatic N) is 1. The SMILES string of the molecule is N#Cc1ccc(S[C@H]2CCCCNC2=O)c(Cl)c1. The van der Waals surface area contributed by atoms with Crippen molar-refractivity contribution in [1.29, 1.82) is 5.26 Å². The minimum atomic E-state index is -0.0852. The van der Waals surface area contributed by atoms with Crippen LogP contribution in [0.1, 0.15) is 24.8 Å². The van der Waals surface area contributed by atoms with E-state index in [1.165, 1.54) is 11.8 Å². The summed E-state index contributed by atoms with van der Waals surface area (Å²) in [5.41, 5.74) is 0.537. The molecule has 1 fully saturated rings. The molecule has 0 aromatic heterocycles. The average molecular weight is 281 g/mol. The molecule has 1 amide bonds. The number of benzene rings is 1. The van der Waals surface area contributed by atoms with Gasteiger partial charge in [0.25, 0.3) is 0 Å². The van der Waals surface area contributed by atoms with Crippen LogP contribution in [0.25, 0.3) is 0 Å². The second-order valence-corrected chi connectivity index (χ2v) is 5.80. The van der Waals surface area contributed by atoms with E-state index in [2.05, 4.69) is 5.32 Å². The zero-order valence-corrected chi connectivity index (χ0v) is 11.4. The van der Waals surface area contributed by atoms with Crippen LogP contribution in [0, 0.1) is 11.3 Å². The van der Waals surface area contributed by atoms with Crippen molar-refractivity contribution in [2.45, 2.75) is 29.4 Å². The second kappa shape index (κ2) is 6.12. The van der Waals surface area contributed by atoms with E-state index in [1.807, 2.05) is 12.1 Å². The maximum absolute atomic E-state index is 11.8. The van der Waals surface area contributed by atoms with Crippen LogP contribution in [0.2, 0.25) is 5.02 Å². The Bertz CT molecular complexity index is 498. The maximum atomic E-state index is 11.8. The van der Waals surface area contributed by atoms with E-state index in [4.69, 9.17) is 16.9 Å². The number of thioether (sulfide) groups is 1. The summed E-state index contributed by atoms with van der Waals surface area (Å²) in [5, 5.41) is 12.1. The summed E-state index contributed by atoms with van der Waals surface area (Å²) >= 11 is 7.59. The first-order chi connectivity index (χ1) is 8.70.